The Morgan fingerprint density at radius 1 is 1.17 bits per heavy atom. The lowest BCUT2D eigenvalue weighted by molar-refractivity contribution is 1.06. The lowest BCUT2D eigenvalue weighted by atomic mass is 11.0. The van der Waals surface area contributed by atoms with Gasteiger partial charge < -0.3 is 10.9 Å². The summed E-state index contributed by atoms with van der Waals surface area (Å²) in [4.78, 5) is 0. The van der Waals surface area contributed by atoms with Crippen molar-refractivity contribution in [2.75, 3.05) is 0 Å². The highest BCUT2D eigenvalue weighted by molar-refractivity contribution is 8.36. The van der Waals surface area contributed by atoms with Crippen LogP contribution in [0, 0.1) is 0 Å². The van der Waals surface area contributed by atoms with E-state index in [4.69, 9.17) is 36.1 Å². The third-order valence-corrected chi connectivity index (χ3v) is 3.50. The van der Waals surface area contributed by atoms with Crippen LogP contribution in [0.3, 0.4) is 0 Å². The van der Waals surface area contributed by atoms with Gasteiger partial charge in [-0.15, -0.1) is 0 Å². The van der Waals surface area contributed by atoms with Crippen LogP contribution in [0.5, 0.6) is 0 Å². The summed E-state index contributed by atoms with van der Waals surface area (Å²) in [5, 5.41) is 0. The van der Waals surface area contributed by atoms with Crippen LogP contribution in [-0.4, -0.2) is 13.2 Å². The number of nitrogens with one attached hydrogen (secondary N) is 2. The van der Waals surface area contributed by atoms with E-state index in [2.05, 4.69) is 10.9 Å². The molecule has 0 radical (unpaired) electrons. The Hall–Kier alpha value is 0.400. The lowest BCUT2D eigenvalue weighted by Gasteiger charge is -2.10. The molecular weight excluding hydrogens is 232 g/mol. The van der Waals surface area contributed by atoms with E-state index < -0.39 is 0 Å². The van der Waals surface area contributed by atoms with Gasteiger partial charge in [-0.25, -0.2) is 11.7 Å². The van der Waals surface area contributed by atoms with E-state index in [1.807, 2.05) is 6.92 Å². The van der Waals surface area contributed by atoms with Crippen LogP contribution >= 0.6 is 48.0 Å². The number of nitrogens with two attached hydrogens (primary N) is 2. The minimum atomic E-state index is 0.192. The number of hydrogen-bond acceptors (Lipinski definition) is 6. The van der Waals surface area contributed by atoms with Crippen molar-refractivity contribution in [3.63, 3.8) is 0 Å². The summed E-state index contributed by atoms with van der Waals surface area (Å²) >= 11 is 12.5. The van der Waals surface area contributed by atoms with Crippen molar-refractivity contribution in [2.45, 2.75) is 11.5 Å². The molecule has 0 aliphatic rings. The fraction of sp³-hybridized carbons (Fsp3) is 0.500. The van der Waals surface area contributed by atoms with E-state index in [9.17, 15) is 0 Å². The van der Waals surface area contributed by atoms with E-state index in [0.717, 1.165) is 0 Å². The normalized spacial score (nSPS) is 9.67. The van der Waals surface area contributed by atoms with Crippen LogP contribution < -0.4 is 22.5 Å². The molecule has 8 heteroatoms. The first kappa shape index (κ1) is 12.4. The van der Waals surface area contributed by atoms with Crippen molar-refractivity contribution in [2.24, 2.45) is 11.7 Å². The summed E-state index contributed by atoms with van der Waals surface area (Å²) in [6.07, 6.45) is 0. The highest BCUT2D eigenvalue weighted by Crippen LogP contribution is 2.23. The van der Waals surface area contributed by atoms with E-state index in [1.54, 1.807) is 0 Å². The van der Waals surface area contributed by atoms with Gasteiger partial charge in [-0.3, -0.25) is 0 Å². The number of thioether (sulfide) groups is 2. The maximum atomic E-state index is 5.09. The molecule has 0 fully saturated rings. The Balaban J connectivity index is 3.66. The predicted octanol–water partition coefficient (Wildman–Crippen LogP) is 0.295. The van der Waals surface area contributed by atoms with Gasteiger partial charge >= 0.3 is 0 Å². The largest absolute Gasteiger partial charge is 0.309 e. The van der Waals surface area contributed by atoms with E-state index in [1.165, 1.54) is 23.5 Å². The molecule has 0 aromatic heterocycles. The Bertz CT molecular complexity index is 154. The monoisotopic (exact) mass is 242 g/mol. The van der Waals surface area contributed by atoms with Crippen LogP contribution in [-0.2, 0) is 0 Å². The number of rotatable bonds is 2. The average Bonchev–Trinajstić information content (AvgIpc) is 2.03. The van der Waals surface area contributed by atoms with E-state index in [0.29, 0.717) is 8.64 Å². The van der Waals surface area contributed by atoms with Crippen molar-refractivity contribution >= 4 is 56.6 Å². The Morgan fingerprint density at radius 2 is 1.50 bits per heavy atom. The summed E-state index contributed by atoms with van der Waals surface area (Å²) in [6.45, 7) is 1.96. The predicted molar refractivity (Wildman–Crippen MR) is 64.5 cm³/mol. The molecule has 0 saturated heterocycles. The molecule has 0 aromatic carbocycles. The van der Waals surface area contributed by atoms with E-state index in [-0.39, 0.29) is 4.58 Å². The third-order valence-electron chi connectivity index (χ3n) is 0.782. The average molecular weight is 242 g/mol. The fourth-order valence-electron chi connectivity index (χ4n) is 0.394. The van der Waals surface area contributed by atoms with Crippen molar-refractivity contribution in [1.29, 1.82) is 0 Å². The summed E-state index contributed by atoms with van der Waals surface area (Å²) in [5.74, 6) is 10.2. The molecule has 0 aromatic rings. The van der Waals surface area contributed by atoms with E-state index >= 15 is 0 Å². The maximum Gasteiger partial charge on any atom is 0.148 e. The standard InChI is InChI=1S/C4H10N4S4/c1-2(11-3(9)7-5)12-4(10)8-6/h2H,5-6H2,1H3,(H,7,9)(H,8,10). The molecule has 0 aliphatic carbocycles. The topological polar surface area (TPSA) is 76.1 Å². The second-order valence-corrected chi connectivity index (χ2v) is 6.00. The number of thiocarbonyl (C=S) groups is 2. The molecule has 0 unspecified atom stereocenters. The molecule has 12 heavy (non-hydrogen) atoms. The number of hydrazine groups is 2. The first-order valence-electron chi connectivity index (χ1n) is 2.94. The molecule has 0 spiro atoms. The zero-order valence-corrected chi connectivity index (χ0v) is 9.63. The molecule has 4 nitrogen and oxygen atoms in total. The quantitative estimate of drug-likeness (QED) is 0.238. The smallest absolute Gasteiger partial charge is 0.148 e. The third kappa shape index (κ3) is 5.98. The van der Waals surface area contributed by atoms with Gasteiger partial charge in [0.15, 0.2) is 0 Å². The van der Waals surface area contributed by atoms with Gasteiger partial charge in [0.25, 0.3) is 0 Å². The van der Waals surface area contributed by atoms with Crippen LogP contribution in [0.1, 0.15) is 6.92 Å². The van der Waals surface area contributed by atoms with Gasteiger partial charge in [-0.05, 0) is 6.92 Å². The fourth-order valence-corrected chi connectivity index (χ4v) is 3.13. The van der Waals surface area contributed by atoms with Gasteiger partial charge in [-0.2, -0.15) is 0 Å². The maximum absolute atomic E-state index is 5.09. The Labute approximate surface area is 90.5 Å². The van der Waals surface area contributed by atoms with Gasteiger partial charge in [0.05, 0.1) is 4.58 Å². The lowest BCUT2D eigenvalue weighted by Crippen LogP contribution is -2.29. The first-order valence-corrected chi connectivity index (χ1v) is 5.52. The van der Waals surface area contributed by atoms with Gasteiger partial charge in [0.2, 0.25) is 0 Å². The Morgan fingerprint density at radius 3 is 1.75 bits per heavy atom. The zero-order valence-electron chi connectivity index (χ0n) is 6.37. The summed E-state index contributed by atoms with van der Waals surface area (Å²) < 4.78 is 1.27. The van der Waals surface area contributed by atoms with Gasteiger partial charge in [-0.1, -0.05) is 48.0 Å². The highest BCUT2D eigenvalue weighted by atomic mass is 32.2. The summed E-state index contributed by atoms with van der Waals surface area (Å²) in [5.41, 5.74) is 4.75. The van der Waals surface area contributed by atoms with Crippen molar-refractivity contribution in [3.05, 3.63) is 0 Å². The van der Waals surface area contributed by atoms with Crippen molar-refractivity contribution in [3.8, 4) is 0 Å². The molecule has 0 saturated carbocycles. The molecule has 6 N–H and O–H groups in total. The minimum Gasteiger partial charge on any atom is -0.309 e. The molecule has 0 aliphatic heterocycles. The van der Waals surface area contributed by atoms with Crippen LogP contribution in [0.2, 0.25) is 0 Å². The second kappa shape index (κ2) is 6.87. The number of hydrogen-bond donors (Lipinski definition) is 4. The van der Waals surface area contributed by atoms with Crippen LogP contribution in [0.15, 0.2) is 0 Å². The van der Waals surface area contributed by atoms with Crippen molar-refractivity contribution < 1.29 is 0 Å². The zero-order chi connectivity index (χ0) is 9.56. The summed E-state index contributed by atoms with van der Waals surface area (Å²) in [7, 11) is 0. The molecule has 0 bridgehead atoms. The van der Waals surface area contributed by atoms with Crippen LogP contribution in [0.4, 0.5) is 0 Å². The SMILES string of the molecule is CC(SC(=S)NN)SC(=S)NN. The molecule has 70 valence electrons. The van der Waals surface area contributed by atoms with Crippen molar-refractivity contribution in [1.82, 2.24) is 10.9 Å². The second-order valence-electron chi connectivity index (χ2n) is 1.67. The van der Waals surface area contributed by atoms with Crippen LogP contribution in [0.25, 0.3) is 0 Å². The molecular formula is C4H10N4S4. The molecule has 0 heterocycles. The summed E-state index contributed by atoms with van der Waals surface area (Å²) in [6, 6.07) is 0. The highest BCUT2D eigenvalue weighted by Gasteiger charge is 2.08. The first-order chi connectivity index (χ1) is 5.60. The van der Waals surface area contributed by atoms with Gasteiger partial charge in [0.1, 0.15) is 8.64 Å². The molecule has 0 rings (SSSR count). The molecule has 0 atom stereocenters. The molecule has 0 amide bonds. The minimum absolute atomic E-state index is 0.192. The Kier molecular flexibility index (Phi) is 7.10. The van der Waals surface area contributed by atoms with Gasteiger partial charge in [0, 0.05) is 0 Å².